The number of nitrogens with two attached hydrogens (primary N) is 1. The van der Waals surface area contributed by atoms with Gasteiger partial charge in [0.05, 0.1) is 11.4 Å². The maximum Gasteiger partial charge on any atom is 0.197 e. The lowest BCUT2D eigenvalue weighted by molar-refractivity contribution is 0.911. The Morgan fingerprint density at radius 1 is 0.870 bits per heavy atom. The fraction of sp³-hybridized carbons (Fsp3) is 0.150. The van der Waals surface area contributed by atoms with E-state index in [0.717, 1.165) is 35.0 Å². The van der Waals surface area contributed by atoms with Crippen LogP contribution in [0.2, 0.25) is 0 Å². The van der Waals surface area contributed by atoms with Gasteiger partial charge in [-0.25, -0.2) is 0 Å². The summed E-state index contributed by atoms with van der Waals surface area (Å²) in [6.07, 6.45) is 3.35. The van der Waals surface area contributed by atoms with Crippen LogP contribution in [0.4, 0.5) is 11.4 Å². The van der Waals surface area contributed by atoms with Gasteiger partial charge in [0, 0.05) is 5.39 Å². The van der Waals surface area contributed by atoms with E-state index in [-0.39, 0.29) is 5.96 Å². The van der Waals surface area contributed by atoms with Gasteiger partial charge in [-0.1, -0.05) is 48.5 Å². The van der Waals surface area contributed by atoms with Gasteiger partial charge in [0.1, 0.15) is 0 Å². The highest BCUT2D eigenvalue weighted by Gasteiger charge is 2.22. The van der Waals surface area contributed by atoms with Gasteiger partial charge in [-0.15, -0.1) is 0 Å². The van der Waals surface area contributed by atoms with Crippen LogP contribution in [0.25, 0.3) is 10.8 Å². The molecule has 0 bridgehead atoms. The van der Waals surface area contributed by atoms with E-state index in [1.54, 1.807) is 0 Å². The average molecular weight is 301 g/mol. The zero-order chi connectivity index (χ0) is 15.8. The van der Waals surface area contributed by atoms with Crippen molar-refractivity contribution in [1.29, 1.82) is 5.41 Å². The molecule has 0 spiro atoms. The van der Waals surface area contributed by atoms with Crippen LogP contribution >= 0.6 is 0 Å². The fourth-order valence-electron chi connectivity index (χ4n) is 3.60. The number of rotatable bonds is 2. The summed E-state index contributed by atoms with van der Waals surface area (Å²) in [4.78, 5) is 1.88. The Morgan fingerprint density at radius 3 is 2.48 bits per heavy atom. The van der Waals surface area contributed by atoms with E-state index in [9.17, 15) is 0 Å². The van der Waals surface area contributed by atoms with Crippen LogP contribution in [0.3, 0.4) is 0 Å². The molecule has 0 amide bonds. The minimum absolute atomic E-state index is 0.0571. The van der Waals surface area contributed by atoms with Crippen molar-refractivity contribution in [3.8, 4) is 0 Å². The third-order valence-corrected chi connectivity index (χ3v) is 4.61. The quantitative estimate of drug-likeness (QED) is 0.546. The smallest absolute Gasteiger partial charge is 0.197 e. The fourth-order valence-corrected chi connectivity index (χ4v) is 3.60. The predicted molar refractivity (Wildman–Crippen MR) is 96.5 cm³/mol. The zero-order valence-electron chi connectivity index (χ0n) is 12.9. The largest absolute Gasteiger partial charge is 0.369 e. The molecule has 0 unspecified atom stereocenters. The van der Waals surface area contributed by atoms with Crippen LogP contribution in [-0.4, -0.2) is 5.96 Å². The Labute approximate surface area is 135 Å². The molecule has 114 valence electrons. The van der Waals surface area contributed by atoms with Crippen molar-refractivity contribution < 1.29 is 0 Å². The van der Waals surface area contributed by atoms with Gasteiger partial charge in [-0.2, -0.15) is 0 Å². The summed E-state index contributed by atoms with van der Waals surface area (Å²) in [5, 5.41) is 10.4. The number of hydrogen-bond donors (Lipinski definition) is 2. The van der Waals surface area contributed by atoms with E-state index >= 15 is 0 Å². The van der Waals surface area contributed by atoms with Gasteiger partial charge in [0.25, 0.3) is 0 Å². The first kappa shape index (κ1) is 13.8. The molecule has 3 aromatic carbocycles. The second-order valence-corrected chi connectivity index (χ2v) is 5.99. The van der Waals surface area contributed by atoms with Crippen molar-refractivity contribution in [1.82, 2.24) is 0 Å². The zero-order valence-corrected chi connectivity index (χ0v) is 12.9. The first-order valence-electron chi connectivity index (χ1n) is 7.98. The third kappa shape index (κ3) is 2.25. The van der Waals surface area contributed by atoms with Gasteiger partial charge >= 0.3 is 0 Å². The Kier molecular flexibility index (Phi) is 3.27. The maximum absolute atomic E-state index is 8.17. The van der Waals surface area contributed by atoms with Crippen molar-refractivity contribution in [3.05, 3.63) is 71.8 Å². The van der Waals surface area contributed by atoms with Crippen LogP contribution in [0.15, 0.2) is 60.7 Å². The number of nitrogens with zero attached hydrogens (tertiary/aromatic N) is 1. The molecule has 23 heavy (non-hydrogen) atoms. The highest BCUT2D eigenvalue weighted by Crippen LogP contribution is 2.37. The maximum atomic E-state index is 8.17. The van der Waals surface area contributed by atoms with E-state index in [1.165, 1.54) is 17.5 Å². The normalized spacial score (nSPS) is 13.0. The average Bonchev–Trinajstić information content (AvgIpc) is 3.04. The standard InChI is InChI=1S/C20H19N3/c21-20(22)23(19-13-5-9-15-7-3-11-17(15)19)18-12-4-8-14-6-1-2-10-16(14)18/h1-2,4-6,8-10,12-13H,3,7,11H2,(H3,21,22). The third-order valence-electron chi connectivity index (χ3n) is 4.61. The Hall–Kier alpha value is -2.81. The molecule has 3 nitrogen and oxygen atoms in total. The second-order valence-electron chi connectivity index (χ2n) is 5.99. The summed E-state index contributed by atoms with van der Waals surface area (Å²) in [5.74, 6) is 0.0571. The molecule has 0 aliphatic heterocycles. The van der Waals surface area contributed by atoms with Gasteiger partial charge in [-0.05, 0) is 47.9 Å². The van der Waals surface area contributed by atoms with Gasteiger partial charge in [0.2, 0.25) is 0 Å². The second kappa shape index (κ2) is 5.43. The topological polar surface area (TPSA) is 53.1 Å². The van der Waals surface area contributed by atoms with Gasteiger partial charge < -0.3 is 5.73 Å². The molecule has 0 aromatic heterocycles. The molecule has 0 saturated heterocycles. The molecule has 0 saturated carbocycles. The van der Waals surface area contributed by atoms with Crippen molar-refractivity contribution in [2.45, 2.75) is 19.3 Å². The Bertz CT molecular complexity index is 893. The minimum Gasteiger partial charge on any atom is -0.369 e. The summed E-state index contributed by atoms with van der Waals surface area (Å²) in [5.41, 5.74) is 10.7. The number of anilines is 2. The van der Waals surface area contributed by atoms with Crippen LogP contribution in [0.5, 0.6) is 0 Å². The molecule has 3 heteroatoms. The van der Waals surface area contributed by atoms with Crippen molar-refractivity contribution in [2.75, 3.05) is 4.90 Å². The van der Waals surface area contributed by atoms with Crippen molar-refractivity contribution >= 4 is 28.1 Å². The van der Waals surface area contributed by atoms with E-state index < -0.39 is 0 Å². The molecule has 1 aliphatic carbocycles. The number of fused-ring (bicyclic) bond motifs is 2. The van der Waals surface area contributed by atoms with Crippen LogP contribution in [0.1, 0.15) is 17.5 Å². The molecular weight excluding hydrogens is 282 g/mol. The Morgan fingerprint density at radius 2 is 1.61 bits per heavy atom. The summed E-state index contributed by atoms with van der Waals surface area (Å²) in [6, 6.07) is 20.7. The minimum atomic E-state index is 0.0571. The molecule has 0 fully saturated rings. The number of benzene rings is 3. The summed E-state index contributed by atoms with van der Waals surface area (Å²) in [7, 11) is 0. The van der Waals surface area contributed by atoms with E-state index in [2.05, 4.69) is 36.4 Å². The van der Waals surface area contributed by atoms with Gasteiger partial charge in [-0.3, -0.25) is 10.3 Å². The summed E-state index contributed by atoms with van der Waals surface area (Å²) in [6.45, 7) is 0. The molecule has 0 radical (unpaired) electrons. The lowest BCUT2D eigenvalue weighted by atomic mass is 10.0. The molecule has 4 rings (SSSR count). The number of hydrogen-bond acceptors (Lipinski definition) is 1. The summed E-state index contributed by atoms with van der Waals surface area (Å²) >= 11 is 0. The molecular formula is C20H19N3. The first-order valence-corrected chi connectivity index (χ1v) is 7.98. The van der Waals surface area contributed by atoms with E-state index in [0.29, 0.717) is 0 Å². The molecule has 0 atom stereocenters. The van der Waals surface area contributed by atoms with E-state index in [4.69, 9.17) is 11.1 Å². The van der Waals surface area contributed by atoms with Gasteiger partial charge in [0.15, 0.2) is 5.96 Å². The number of aryl methyl sites for hydroxylation is 1. The molecule has 3 aromatic rings. The summed E-state index contributed by atoms with van der Waals surface area (Å²) < 4.78 is 0. The van der Waals surface area contributed by atoms with E-state index in [1.807, 2.05) is 29.2 Å². The highest BCUT2D eigenvalue weighted by molar-refractivity contribution is 6.08. The van der Waals surface area contributed by atoms with Crippen LogP contribution < -0.4 is 10.6 Å². The van der Waals surface area contributed by atoms with Crippen LogP contribution in [0, 0.1) is 5.41 Å². The monoisotopic (exact) mass is 301 g/mol. The number of nitrogens with one attached hydrogen (secondary N) is 1. The lowest BCUT2D eigenvalue weighted by Gasteiger charge is -2.26. The lowest BCUT2D eigenvalue weighted by Crippen LogP contribution is -2.33. The molecule has 3 N–H and O–H groups in total. The molecule has 1 aliphatic rings. The van der Waals surface area contributed by atoms with Crippen LogP contribution in [-0.2, 0) is 12.8 Å². The predicted octanol–water partition coefficient (Wildman–Crippen LogP) is 4.36. The number of guanidine groups is 1. The Balaban J connectivity index is 1.96. The van der Waals surface area contributed by atoms with Crippen molar-refractivity contribution in [2.24, 2.45) is 5.73 Å². The van der Waals surface area contributed by atoms with Crippen molar-refractivity contribution in [3.63, 3.8) is 0 Å². The first-order chi connectivity index (χ1) is 11.3. The molecule has 0 heterocycles. The SMILES string of the molecule is N=C(N)N(c1cccc2c1CCC2)c1cccc2ccccc12. The highest BCUT2D eigenvalue weighted by atomic mass is 15.2.